The van der Waals surface area contributed by atoms with Crippen LogP contribution in [0.3, 0.4) is 0 Å². The summed E-state index contributed by atoms with van der Waals surface area (Å²) in [5, 5.41) is 12.8. The van der Waals surface area contributed by atoms with Crippen LogP contribution in [0, 0.1) is 29.1 Å². The van der Waals surface area contributed by atoms with E-state index in [0.717, 1.165) is 22.7 Å². The van der Waals surface area contributed by atoms with E-state index in [4.69, 9.17) is 0 Å². The number of benzene rings is 1. The highest BCUT2D eigenvalue weighted by atomic mass is 32.2. The van der Waals surface area contributed by atoms with Crippen LogP contribution >= 0.6 is 11.8 Å². The van der Waals surface area contributed by atoms with Gasteiger partial charge in [0.05, 0.1) is 11.3 Å². The van der Waals surface area contributed by atoms with E-state index in [1.165, 1.54) is 0 Å². The van der Waals surface area contributed by atoms with Gasteiger partial charge in [-0.3, -0.25) is 0 Å². The molecule has 0 aromatic heterocycles. The first kappa shape index (κ1) is 15.9. The second-order valence-electron chi connectivity index (χ2n) is 5.53. The molecule has 0 saturated carbocycles. The number of thioether (sulfide) groups is 1. The zero-order valence-corrected chi connectivity index (χ0v) is 13.3. The molecule has 1 aromatic carbocycles. The Bertz CT molecular complexity index is 439. The maximum absolute atomic E-state index is 9.31. The van der Waals surface area contributed by atoms with Crippen LogP contribution in [0.1, 0.15) is 33.3 Å². The molecule has 1 N–H and O–H groups in total. The van der Waals surface area contributed by atoms with Crippen LogP contribution in [-0.2, 0) is 0 Å². The minimum Gasteiger partial charge on any atom is -0.384 e. The summed E-state index contributed by atoms with van der Waals surface area (Å²) in [5.41, 5.74) is 1.72. The van der Waals surface area contributed by atoms with Crippen molar-refractivity contribution in [1.29, 1.82) is 5.26 Å². The van der Waals surface area contributed by atoms with Gasteiger partial charge in [-0.25, -0.2) is 0 Å². The summed E-state index contributed by atoms with van der Waals surface area (Å²) in [6.07, 6.45) is 2.00. The summed E-state index contributed by atoms with van der Waals surface area (Å²) < 4.78 is 0. The number of anilines is 1. The minimum atomic E-state index is 0.615. The molecule has 19 heavy (non-hydrogen) atoms. The Labute approximate surface area is 121 Å². The van der Waals surface area contributed by atoms with E-state index < -0.39 is 0 Å². The van der Waals surface area contributed by atoms with Gasteiger partial charge in [0.1, 0.15) is 6.07 Å². The van der Waals surface area contributed by atoms with Crippen molar-refractivity contribution >= 4 is 17.4 Å². The molecule has 0 heterocycles. The average Bonchev–Trinajstić information content (AvgIpc) is 2.37. The molecule has 0 unspecified atom stereocenters. The molecular formula is C16H24N2S. The van der Waals surface area contributed by atoms with Gasteiger partial charge < -0.3 is 5.32 Å². The fraction of sp³-hybridized carbons (Fsp3) is 0.562. The van der Waals surface area contributed by atoms with Crippen LogP contribution in [0.15, 0.2) is 23.1 Å². The first-order valence-electron chi connectivity index (χ1n) is 6.82. The highest BCUT2D eigenvalue weighted by Gasteiger charge is 2.18. The number of nitrogens with one attached hydrogen (secondary N) is 1. The van der Waals surface area contributed by atoms with E-state index in [-0.39, 0.29) is 0 Å². The molecule has 1 aromatic rings. The SMILES string of the molecule is CSc1cccc(NCC(C(C)C)C(C)C)c1C#N. The molecule has 0 bridgehead atoms. The Kier molecular flexibility index (Phi) is 6.24. The van der Waals surface area contributed by atoms with Gasteiger partial charge >= 0.3 is 0 Å². The lowest BCUT2D eigenvalue weighted by Gasteiger charge is -2.26. The van der Waals surface area contributed by atoms with E-state index in [0.29, 0.717) is 17.8 Å². The summed E-state index contributed by atoms with van der Waals surface area (Å²) in [6.45, 7) is 9.96. The number of nitrogens with zero attached hydrogens (tertiary/aromatic N) is 1. The molecule has 0 amide bonds. The zero-order chi connectivity index (χ0) is 14.4. The Morgan fingerprint density at radius 2 is 1.84 bits per heavy atom. The maximum atomic E-state index is 9.31. The molecule has 0 radical (unpaired) electrons. The standard InChI is InChI=1S/C16H24N2S/c1-11(2)14(12(3)4)10-18-15-7-6-8-16(19-5)13(15)9-17/h6-8,11-12,14,18H,10H2,1-5H3. The highest BCUT2D eigenvalue weighted by Crippen LogP contribution is 2.27. The van der Waals surface area contributed by atoms with Gasteiger partial charge in [-0.2, -0.15) is 5.26 Å². The zero-order valence-electron chi connectivity index (χ0n) is 12.5. The first-order valence-corrected chi connectivity index (χ1v) is 8.04. The van der Waals surface area contributed by atoms with Crippen molar-refractivity contribution in [3.05, 3.63) is 23.8 Å². The normalized spacial score (nSPS) is 11.1. The summed E-state index contributed by atoms with van der Waals surface area (Å²) in [7, 11) is 0. The molecule has 0 aliphatic rings. The lowest BCUT2D eigenvalue weighted by Crippen LogP contribution is -2.24. The molecule has 0 aliphatic heterocycles. The Hall–Kier alpha value is -1.14. The monoisotopic (exact) mass is 276 g/mol. The molecule has 3 heteroatoms. The van der Waals surface area contributed by atoms with E-state index in [1.807, 2.05) is 24.5 Å². The molecule has 0 aliphatic carbocycles. The van der Waals surface area contributed by atoms with E-state index >= 15 is 0 Å². The van der Waals surface area contributed by atoms with Crippen molar-refractivity contribution in [2.75, 3.05) is 18.1 Å². The third-order valence-electron chi connectivity index (χ3n) is 3.60. The summed E-state index contributed by atoms with van der Waals surface area (Å²) in [6, 6.07) is 8.32. The Morgan fingerprint density at radius 3 is 2.32 bits per heavy atom. The number of hydrogen-bond donors (Lipinski definition) is 1. The van der Waals surface area contributed by atoms with E-state index in [1.54, 1.807) is 11.8 Å². The predicted molar refractivity (Wildman–Crippen MR) is 84.6 cm³/mol. The van der Waals surface area contributed by atoms with Gasteiger partial charge in [0.2, 0.25) is 0 Å². The van der Waals surface area contributed by atoms with Crippen LogP contribution in [0.4, 0.5) is 5.69 Å². The van der Waals surface area contributed by atoms with E-state index in [2.05, 4.69) is 39.1 Å². The molecule has 0 spiro atoms. The van der Waals surface area contributed by atoms with Crippen LogP contribution in [0.2, 0.25) is 0 Å². The van der Waals surface area contributed by atoms with Gasteiger partial charge in [0, 0.05) is 11.4 Å². The smallest absolute Gasteiger partial charge is 0.102 e. The quantitative estimate of drug-likeness (QED) is 0.770. The van der Waals surface area contributed by atoms with Crippen molar-refractivity contribution < 1.29 is 0 Å². The second-order valence-corrected chi connectivity index (χ2v) is 6.38. The summed E-state index contributed by atoms with van der Waals surface area (Å²) in [4.78, 5) is 1.04. The Balaban J connectivity index is 2.86. The van der Waals surface area contributed by atoms with E-state index in [9.17, 15) is 5.26 Å². The molecular weight excluding hydrogens is 252 g/mol. The van der Waals surface area contributed by atoms with Gasteiger partial charge in [-0.1, -0.05) is 33.8 Å². The third-order valence-corrected chi connectivity index (χ3v) is 4.38. The maximum Gasteiger partial charge on any atom is 0.102 e. The van der Waals surface area contributed by atoms with Gasteiger partial charge in [0.25, 0.3) is 0 Å². The van der Waals surface area contributed by atoms with Gasteiger partial charge in [-0.05, 0) is 36.1 Å². The largest absolute Gasteiger partial charge is 0.384 e. The number of hydrogen-bond acceptors (Lipinski definition) is 3. The fourth-order valence-corrected chi connectivity index (χ4v) is 3.01. The minimum absolute atomic E-state index is 0.615. The molecule has 1 rings (SSSR count). The Morgan fingerprint density at radius 1 is 1.21 bits per heavy atom. The van der Waals surface area contributed by atoms with Crippen LogP contribution < -0.4 is 5.32 Å². The van der Waals surface area contributed by atoms with Crippen molar-refractivity contribution in [2.24, 2.45) is 17.8 Å². The summed E-state index contributed by atoms with van der Waals surface area (Å²) in [5.74, 6) is 1.90. The van der Waals surface area contributed by atoms with Crippen molar-refractivity contribution in [1.82, 2.24) is 0 Å². The molecule has 104 valence electrons. The lowest BCUT2D eigenvalue weighted by atomic mass is 9.85. The second kappa shape index (κ2) is 7.45. The average molecular weight is 276 g/mol. The van der Waals surface area contributed by atoms with Crippen molar-refractivity contribution in [2.45, 2.75) is 32.6 Å². The van der Waals surface area contributed by atoms with Crippen LogP contribution in [0.5, 0.6) is 0 Å². The number of rotatable bonds is 6. The predicted octanol–water partition coefficient (Wildman–Crippen LogP) is 4.62. The number of nitriles is 1. The molecule has 0 saturated heterocycles. The third kappa shape index (κ3) is 4.18. The topological polar surface area (TPSA) is 35.8 Å². The lowest BCUT2D eigenvalue weighted by molar-refractivity contribution is 0.304. The summed E-state index contributed by atoms with van der Waals surface area (Å²) >= 11 is 1.62. The van der Waals surface area contributed by atoms with Crippen LogP contribution in [0.25, 0.3) is 0 Å². The van der Waals surface area contributed by atoms with Gasteiger partial charge in [-0.15, -0.1) is 11.8 Å². The fourth-order valence-electron chi connectivity index (χ4n) is 2.43. The molecule has 0 fully saturated rings. The molecule has 2 nitrogen and oxygen atoms in total. The van der Waals surface area contributed by atoms with Gasteiger partial charge in [0.15, 0.2) is 0 Å². The molecule has 0 atom stereocenters. The van der Waals surface area contributed by atoms with Crippen molar-refractivity contribution in [3.8, 4) is 6.07 Å². The highest BCUT2D eigenvalue weighted by molar-refractivity contribution is 7.98. The van der Waals surface area contributed by atoms with Crippen LogP contribution in [-0.4, -0.2) is 12.8 Å². The van der Waals surface area contributed by atoms with Crippen molar-refractivity contribution in [3.63, 3.8) is 0 Å². The first-order chi connectivity index (χ1) is 9.01.